The van der Waals surface area contributed by atoms with E-state index in [1.54, 1.807) is 28.9 Å². The number of carbonyl (C=O) groups is 1. The highest BCUT2D eigenvalue weighted by Gasteiger charge is 2.11. The van der Waals surface area contributed by atoms with Gasteiger partial charge in [0.2, 0.25) is 5.91 Å². The van der Waals surface area contributed by atoms with Gasteiger partial charge in [-0.25, -0.2) is 0 Å². The van der Waals surface area contributed by atoms with E-state index in [2.05, 4.69) is 41.4 Å². The van der Waals surface area contributed by atoms with Crippen molar-refractivity contribution < 1.29 is 4.79 Å². The summed E-state index contributed by atoms with van der Waals surface area (Å²) in [7, 11) is 3.66. The van der Waals surface area contributed by atoms with Crippen molar-refractivity contribution in [3.05, 3.63) is 76.4 Å². The van der Waals surface area contributed by atoms with Crippen LogP contribution in [0.25, 0.3) is 6.08 Å². The quantitative estimate of drug-likeness (QED) is 0.620. The summed E-state index contributed by atoms with van der Waals surface area (Å²) in [5, 5.41) is 8.79. The Hall–Kier alpha value is -3.15. The zero-order valence-corrected chi connectivity index (χ0v) is 17.2. The molecule has 146 valence electrons. The fraction of sp³-hybridized carbons (Fsp3) is 0.318. The highest BCUT2D eigenvalue weighted by Crippen LogP contribution is 2.17. The fourth-order valence-corrected chi connectivity index (χ4v) is 3.16. The molecule has 3 aromatic rings. The van der Waals surface area contributed by atoms with Crippen LogP contribution in [-0.2, 0) is 24.9 Å². The van der Waals surface area contributed by atoms with Gasteiger partial charge in [-0.3, -0.25) is 14.2 Å². The molecular formula is C22H27N5O. The number of hydrogen-bond acceptors (Lipinski definition) is 3. The summed E-state index contributed by atoms with van der Waals surface area (Å²) in [5.74, 6) is -0.0473. The second-order valence-electron chi connectivity index (χ2n) is 7.28. The average molecular weight is 377 g/mol. The Morgan fingerprint density at radius 2 is 1.86 bits per heavy atom. The predicted octanol–water partition coefficient (Wildman–Crippen LogP) is 3.26. The van der Waals surface area contributed by atoms with Crippen LogP contribution in [0.15, 0.2) is 42.7 Å². The zero-order chi connectivity index (χ0) is 20.3. The molecule has 0 aliphatic rings. The van der Waals surface area contributed by atoms with E-state index in [-0.39, 0.29) is 5.91 Å². The summed E-state index contributed by atoms with van der Waals surface area (Å²) < 4.78 is 3.72. The molecular weight excluding hydrogens is 350 g/mol. The number of hydrogen-bond donors (Lipinski definition) is 0. The van der Waals surface area contributed by atoms with Crippen molar-refractivity contribution in [3.63, 3.8) is 0 Å². The predicted molar refractivity (Wildman–Crippen MR) is 111 cm³/mol. The molecule has 2 heterocycles. The summed E-state index contributed by atoms with van der Waals surface area (Å²) in [6.07, 6.45) is 7.17. The number of benzene rings is 1. The number of amides is 1. The van der Waals surface area contributed by atoms with Crippen molar-refractivity contribution in [1.82, 2.24) is 24.5 Å². The number of aromatic nitrogens is 4. The van der Waals surface area contributed by atoms with Crippen LogP contribution in [0.5, 0.6) is 0 Å². The zero-order valence-electron chi connectivity index (χ0n) is 17.2. The van der Waals surface area contributed by atoms with Crippen LogP contribution in [0.1, 0.15) is 33.6 Å². The van der Waals surface area contributed by atoms with Crippen molar-refractivity contribution in [2.45, 2.75) is 33.9 Å². The van der Waals surface area contributed by atoms with Crippen LogP contribution in [0, 0.1) is 20.8 Å². The molecule has 0 unspecified atom stereocenters. The molecule has 0 spiro atoms. The van der Waals surface area contributed by atoms with Crippen LogP contribution in [0.2, 0.25) is 0 Å². The van der Waals surface area contributed by atoms with Crippen LogP contribution in [0.3, 0.4) is 0 Å². The molecule has 0 aliphatic heterocycles. The lowest BCUT2D eigenvalue weighted by Gasteiger charge is -2.13. The Balaban J connectivity index is 1.70. The number of rotatable bonds is 6. The average Bonchev–Trinajstić information content (AvgIpc) is 3.18. The standard InChI is InChI=1S/C22H27N5O/c1-16-6-8-19(9-7-16)15-27-18(3)21(17(2)24-27)10-11-22(28)25(4)13-20-12-23-26(5)14-20/h6-12,14H,13,15H2,1-5H3/b11-10+. The van der Waals surface area contributed by atoms with Gasteiger partial charge >= 0.3 is 0 Å². The van der Waals surface area contributed by atoms with Crippen LogP contribution < -0.4 is 0 Å². The molecule has 1 aromatic carbocycles. The fourth-order valence-electron chi connectivity index (χ4n) is 3.16. The first-order valence-corrected chi connectivity index (χ1v) is 9.33. The number of aryl methyl sites for hydroxylation is 3. The molecule has 0 N–H and O–H groups in total. The summed E-state index contributed by atoms with van der Waals surface area (Å²) in [5.41, 5.74) is 6.43. The third-order valence-corrected chi connectivity index (χ3v) is 4.84. The van der Waals surface area contributed by atoms with Gasteiger partial charge in [-0.1, -0.05) is 29.8 Å². The Kier molecular flexibility index (Phi) is 5.78. The maximum Gasteiger partial charge on any atom is 0.246 e. The molecule has 1 amide bonds. The molecule has 3 rings (SSSR count). The maximum atomic E-state index is 12.5. The van der Waals surface area contributed by atoms with Gasteiger partial charge in [0.05, 0.1) is 18.4 Å². The molecule has 6 heteroatoms. The topological polar surface area (TPSA) is 56.0 Å². The van der Waals surface area contributed by atoms with Gasteiger partial charge in [0.15, 0.2) is 0 Å². The smallest absolute Gasteiger partial charge is 0.246 e. The largest absolute Gasteiger partial charge is 0.338 e. The lowest BCUT2D eigenvalue weighted by atomic mass is 10.1. The molecule has 0 radical (unpaired) electrons. The van der Waals surface area contributed by atoms with Gasteiger partial charge in [-0.05, 0) is 32.4 Å². The normalized spacial score (nSPS) is 11.3. The molecule has 0 saturated carbocycles. The molecule has 0 fully saturated rings. The van der Waals surface area contributed by atoms with Crippen molar-refractivity contribution in [3.8, 4) is 0 Å². The Labute approximate surface area is 166 Å². The van der Waals surface area contributed by atoms with Crippen molar-refractivity contribution in [2.75, 3.05) is 7.05 Å². The van der Waals surface area contributed by atoms with Gasteiger partial charge in [0.25, 0.3) is 0 Å². The van der Waals surface area contributed by atoms with Crippen LogP contribution in [-0.4, -0.2) is 37.4 Å². The van der Waals surface area contributed by atoms with Gasteiger partial charge in [0, 0.05) is 49.7 Å². The highest BCUT2D eigenvalue weighted by atomic mass is 16.2. The van der Waals surface area contributed by atoms with Crippen molar-refractivity contribution in [1.29, 1.82) is 0 Å². The lowest BCUT2D eigenvalue weighted by molar-refractivity contribution is -0.125. The van der Waals surface area contributed by atoms with E-state index < -0.39 is 0 Å². The number of carbonyl (C=O) groups excluding carboxylic acids is 1. The molecule has 0 saturated heterocycles. The Morgan fingerprint density at radius 1 is 1.14 bits per heavy atom. The highest BCUT2D eigenvalue weighted by molar-refractivity contribution is 5.91. The summed E-state index contributed by atoms with van der Waals surface area (Å²) in [4.78, 5) is 14.1. The molecule has 0 atom stereocenters. The minimum Gasteiger partial charge on any atom is -0.338 e. The summed E-state index contributed by atoms with van der Waals surface area (Å²) >= 11 is 0. The Bertz CT molecular complexity index is 995. The second-order valence-corrected chi connectivity index (χ2v) is 7.28. The first-order chi connectivity index (χ1) is 13.3. The summed E-state index contributed by atoms with van der Waals surface area (Å²) in [6.45, 7) is 7.34. The van der Waals surface area contributed by atoms with Crippen molar-refractivity contribution in [2.24, 2.45) is 7.05 Å². The third-order valence-electron chi connectivity index (χ3n) is 4.84. The lowest BCUT2D eigenvalue weighted by Crippen LogP contribution is -2.23. The minimum absolute atomic E-state index is 0.0473. The monoisotopic (exact) mass is 377 g/mol. The molecule has 28 heavy (non-hydrogen) atoms. The SMILES string of the molecule is Cc1ccc(Cn2nc(C)c(/C=C/C(=O)N(C)Cc3cnn(C)c3)c2C)cc1. The first kappa shape index (κ1) is 19.6. The molecule has 2 aromatic heterocycles. The molecule has 0 bridgehead atoms. The van der Waals surface area contributed by atoms with E-state index >= 15 is 0 Å². The number of likely N-dealkylation sites (N-methyl/N-ethyl adjacent to an activating group) is 1. The molecule has 0 aliphatic carbocycles. The van der Waals surface area contributed by atoms with Crippen molar-refractivity contribution >= 4 is 12.0 Å². The third kappa shape index (κ3) is 4.57. The summed E-state index contributed by atoms with van der Waals surface area (Å²) in [6, 6.07) is 8.47. The number of nitrogens with zero attached hydrogens (tertiary/aromatic N) is 5. The molecule has 6 nitrogen and oxygen atoms in total. The van der Waals surface area contributed by atoms with E-state index in [9.17, 15) is 4.79 Å². The van der Waals surface area contributed by atoms with Gasteiger partial charge in [0.1, 0.15) is 0 Å². The van der Waals surface area contributed by atoms with Gasteiger partial charge < -0.3 is 4.90 Å². The maximum absolute atomic E-state index is 12.5. The van der Waals surface area contributed by atoms with Gasteiger partial charge in [-0.2, -0.15) is 10.2 Å². The van der Waals surface area contributed by atoms with E-state index in [0.29, 0.717) is 6.54 Å². The van der Waals surface area contributed by atoms with E-state index in [1.807, 2.05) is 37.8 Å². The second kappa shape index (κ2) is 8.25. The van der Waals surface area contributed by atoms with E-state index in [4.69, 9.17) is 0 Å². The van der Waals surface area contributed by atoms with Gasteiger partial charge in [-0.15, -0.1) is 0 Å². The van der Waals surface area contributed by atoms with E-state index in [0.717, 1.165) is 29.1 Å². The van der Waals surface area contributed by atoms with E-state index in [1.165, 1.54) is 11.1 Å². The minimum atomic E-state index is -0.0473. The van der Waals surface area contributed by atoms with Crippen LogP contribution >= 0.6 is 0 Å². The Morgan fingerprint density at radius 3 is 2.50 bits per heavy atom. The first-order valence-electron chi connectivity index (χ1n) is 9.33. The van der Waals surface area contributed by atoms with Crippen LogP contribution in [0.4, 0.5) is 0 Å².